The van der Waals surface area contributed by atoms with Gasteiger partial charge in [0, 0.05) is 11.6 Å². The van der Waals surface area contributed by atoms with Crippen molar-refractivity contribution in [3.63, 3.8) is 0 Å². The third-order valence-corrected chi connectivity index (χ3v) is 5.88. The molecule has 0 bridgehead atoms. The van der Waals surface area contributed by atoms with Crippen molar-refractivity contribution in [2.24, 2.45) is 11.8 Å². The molecule has 0 radical (unpaired) electrons. The number of fused-ring (bicyclic) bond motifs is 1. The molecule has 26 heavy (non-hydrogen) atoms. The van der Waals surface area contributed by atoms with Crippen LogP contribution in [0, 0.1) is 11.8 Å². The summed E-state index contributed by atoms with van der Waals surface area (Å²) in [4.78, 5) is 18.9. The number of aromatic nitrogens is 3. The third-order valence-electron chi connectivity index (χ3n) is 5.64. The van der Waals surface area contributed by atoms with E-state index in [-0.39, 0.29) is 5.91 Å². The summed E-state index contributed by atoms with van der Waals surface area (Å²) < 4.78 is 1.62. The van der Waals surface area contributed by atoms with Crippen molar-refractivity contribution in [2.75, 3.05) is 25.0 Å². The molecule has 1 aliphatic carbocycles. The monoisotopic (exact) mass is 373 g/mol. The van der Waals surface area contributed by atoms with Gasteiger partial charge in [0.1, 0.15) is 12.7 Å². The molecule has 0 unspecified atom stereocenters. The molecule has 2 aromatic rings. The number of hydrogen-bond donors (Lipinski definition) is 1. The second kappa shape index (κ2) is 7.76. The van der Waals surface area contributed by atoms with Crippen LogP contribution in [0.3, 0.4) is 0 Å². The van der Waals surface area contributed by atoms with E-state index in [1.165, 1.54) is 38.4 Å². The molecule has 1 saturated carbocycles. The highest BCUT2D eigenvalue weighted by Crippen LogP contribution is 2.36. The molecule has 1 N–H and O–H groups in total. The Bertz CT molecular complexity index is 763. The lowest BCUT2D eigenvalue weighted by Crippen LogP contribution is -2.44. The van der Waals surface area contributed by atoms with Gasteiger partial charge in [0.05, 0.1) is 17.9 Å². The molecular weight excluding hydrogens is 350 g/mol. The third kappa shape index (κ3) is 3.91. The first-order valence-electron chi connectivity index (χ1n) is 9.36. The highest BCUT2D eigenvalue weighted by atomic mass is 35.5. The molecule has 4 rings (SSSR count). The summed E-state index contributed by atoms with van der Waals surface area (Å²) in [7, 11) is 0. The largest absolute Gasteiger partial charge is 0.323 e. The van der Waals surface area contributed by atoms with Crippen LogP contribution in [-0.2, 0) is 4.79 Å². The average molecular weight is 374 g/mol. The van der Waals surface area contributed by atoms with Crippen LogP contribution in [-0.4, -0.2) is 45.2 Å². The van der Waals surface area contributed by atoms with Gasteiger partial charge in [-0.15, -0.1) is 0 Å². The Morgan fingerprint density at radius 1 is 1.23 bits per heavy atom. The fourth-order valence-electron chi connectivity index (χ4n) is 4.35. The molecule has 1 aromatic heterocycles. The van der Waals surface area contributed by atoms with Gasteiger partial charge in [0.25, 0.3) is 0 Å². The normalized spacial score (nSPS) is 23.4. The van der Waals surface area contributed by atoms with E-state index in [9.17, 15) is 4.79 Å². The van der Waals surface area contributed by atoms with Gasteiger partial charge in [-0.1, -0.05) is 30.9 Å². The highest BCUT2D eigenvalue weighted by molar-refractivity contribution is 6.31. The van der Waals surface area contributed by atoms with E-state index in [4.69, 9.17) is 11.6 Å². The Kier molecular flexibility index (Phi) is 5.22. The Balaban J connectivity index is 1.41. The lowest BCUT2D eigenvalue weighted by molar-refractivity contribution is -0.118. The smallest absolute Gasteiger partial charge is 0.238 e. The first kappa shape index (κ1) is 17.5. The SMILES string of the molecule is O=C(CN1CC[C@@H]2CCCC[C@H]2C1)Nc1cc(Cl)ccc1-n1cncn1. The average Bonchev–Trinajstić information content (AvgIpc) is 3.16. The van der Waals surface area contributed by atoms with Gasteiger partial charge in [-0.3, -0.25) is 9.69 Å². The van der Waals surface area contributed by atoms with Crippen molar-refractivity contribution in [1.82, 2.24) is 19.7 Å². The number of likely N-dealkylation sites (tertiary alicyclic amines) is 1. The lowest BCUT2D eigenvalue weighted by atomic mass is 9.75. The molecule has 6 nitrogen and oxygen atoms in total. The number of nitrogens with zero attached hydrogens (tertiary/aromatic N) is 4. The van der Waals surface area contributed by atoms with Crippen molar-refractivity contribution >= 4 is 23.2 Å². The van der Waals surface area contributed by atoms with Crippen molar-refractivity contribution < 1.29 is 4.79 Å². The zero-order valence-electron chi connectivity index (χ0n) is 14.8. The van der Waals surface area contributed by atoms with Gasteiger partial charge in [-0.2, -0.15) is 5.10 Å². The molecule has 7 heteroatoms. The molecule has 138 valence electrons. The minimum Gasteiger partial charge on any atom is -0.323 e. The van der Waals surface area contributed by atoms with Crippen LogP contribution in [0.25, 0.3) is 5.69 Å². The summed E-state index contributed by atoms with van der Waals surface area (Å²) >= 11 is 6.12. The summed E-state index contributed by atoms with van der Waals surface area (Å²) in [6, 6.07) is 5.37. The van der Waals surface area contributed by atoms with Gasteiger partial charge in [0.15, 0.2) is 0 Å². The predicted molar refractivity (Wildman–Crippen MR) is 102 cm³/mol. The molecule has 0 spiro atoms. The number of carbonyl (C=O) groups excluding carboxylic acids is 1. The van der Waals surface area contributed by atoms with E-state index in [1.54, 1.807) is 23.1 Å². The zero-order chi connectivity index (χ0) is 17.9. The summed E-state index contributed by atoms with van der Waals surface area (Å²) in [6.45, 7) is 2.48. The van der Waals surface area contributed by atoms with E-state index in [0.29, 0.717) is 17.3 Å². The van der Waals surface area contributed by atoms with Crippen LogP contribution in [0.5, 0.6) is 0 Å². The van der Waals surface area contributed by atoms with Gasteiger partial charge >= 0.3 is 0 Å². The van der Waals surface area contributed by atoms with Crippen LogP contribution in [0.15, 0.2) is 30.9 Å². The van der Waals surface area contributed by atoms with Gasteiger partial charge in [-0.25, -0.2) is 9.67 Å². The van der Waals surface area contributed by atoms with Crippen LogP contribution in [0.4, 0.5) is 5.69 Å². The second-order valence-corrected chi connectivity index (χ2v) is 7.81. The summed E-state index contributed by atoms with van der Waals surface area (Å²) in [5.41, 5.74) is 1.41. The van der Waals surface area contributed by atoms with Gasteiger partial charge in [-0.05, 0) is 49.4 Å². The minimum atomic E-state index is -0.0112. The first-order chi connectivity index (χ1) is 12.7. The number of rotatable bonds is 4. The highest BCUT2D eigenvalue weighted by Gasteiger charge is 2.31. The Hall–Kier alpha value is -1.92. The van der Waals surface area contributed by atoms with Crippen LogP contribution in [0.2, 0.25) is 5.02 Å². The van der Waals surface area contributed by atoms with Crippen LogP contribution < -0.4 is 5.32 Å². The Morgan fingerprint density at radius 2 is 2.08 bits per heavy atom. The quantitative estimate of drug-likeness (QED) is 0.892. The first-order valence-corrected chi connectivity index (χ1v) is 9.73. The van der Waals surface area contributed by atoms with Crippen LogP contribution >= 0.6 is 11.6 Å². The van der Waals surface area contributed by atoms with Crippen molar-refractivity contribution in [3.8, 4) is 5.69 Å². The van der Waals surface area contributed by atoms with E-state index in [1.807, 2.05) is 6.07 Å². The molecule has 1 saturated heterocycles. The molecule has 2 atom stereocenters. The summed E-state index contributed by atoms with van der Waals surface area (Å²) in [5.74, 6) is 1.62. The number of piperidine rings is 1. The van der Waals surface area contributed by atoms with E-state index < -0.39 is 0 Å². The van der Waals surface area contributed by atoms with Crippen molar-refractivity contribution in [2.45, 2.75) is 32.1 Å². The number of benzene rings is 1. The maximum Gasteiger partial charge on any atom is 0.238 e. The number of amides is 1. The fourth-order valence-corrected chi connectivity index (χ4v) is 4.53. The minimum absolute atomic E-state index is 0.0112. The molecule has 1 aliphatic heterocycles. The number of nitrogens with one attached hydrogen (secondary N) is 1. The zero-order valence-corrected chi connectivity index (χ0v) is 15.5. The van der Waals surface area contributed by atoms with Crippen molar-refractivity contribution in [1.29, 1.82) is 0 Å². The maximum atomic E-state index is 12.6. The molecule has 1 aromatic carbocycles. The predicted octanol–water partition coefficient (Wildman–Crippen LogP) is 3.37. The number of anilines is 1. The topological polar surface area (TPSA) is 63.1 Å². The maximum absolute atomic E-state index is 12.6. The summed E-state index contributed by atoms with van der Waals surface area (Å²) in [6.07, 6.45) is 9.69. The standard InChI is InChI=1S/C19H24ClN5O/c20-16-5-6-18(25-13-21-12-22-25)17(9-16)23-19(26)11-24-8-7-14-3-1-2-4-15(14)10-24/h5-6,9,12-15H,1-4,7-8,10-11H2,(H,23,26)/t14-,15-/m0/s1. The molecule has 2 heterocycles. The fraction of sp³-hybridized carbons (Fsp3) is 0.526. The molecular formula is C19H24ClN5O. The van der Waals surface area contributed by atoms with Gasteiger partial charge in [0.2, 0.25) is 5.91 Å². The number of halogens is 1. The number of hydrogen-bond acceptors (Lipinski definition) is 4. The van der Waals surface area contributed by atoms with E-state index in [0.717, 1.165) is 30.6 Å². The molecule has 2 aliphatic rings. The summed E-state index contributed by atoms with van der Waals surface area (Å²) in [5, 5.41) is 7.73. The van der Waals surface area contributed by atoms with Crippen LogP contribution in [0.1, 0.15) is 32.1 Å². The molecule has 2 fully saturated rings. The second-order valence-electron chi connectivity index (χ2n) is 7.38. The van der Waals surface area contributed by atoms with Gasteiger partial charge < -0.3 is 5.32 Å². The molecule has 1 amide bonds. The van der Waals surface area contributed by atoms with E-state index >= 15 is 0 Å². The Labute approximate surface area is 158 Å². The van der Waals surface area contributed by atoms with E-state index in [2.05, 4.69) is 20.3 Å². The van der Waals surface area contributed by atoms with Crippen molar-refractivity contribution in [3.05, 3.63) is 35.9 Å². The number of carbonyl (C=O) groups is 1. The lowest BCUT2D eigenvalue weighted by Gasteiger charge is -2.41. The Morgan fingerprint density at radius 3 is 2.88 bits per heavy atom.